The van der Waals surface area contributed by atoms with E-state index in [4.69, 9.17) is 4.98 Å². The fraction of sp³-hybridized carbons (Fsp3) is 0.350. The molecule has 0 aliphatic rings. The Morgan fingerprint density at radius 3 is 2.38 bits per heavy atom. The molecule has 3 aromatic rings. The zero-order valence-corrected chi connectivity index (χ0v) is 13.4. The summed E-state index contributed by atoms with van der Waals surface area (Å²) in [6.07, 6.45) is 2.26. The topological polar surface area (TPSA) is 12.9 Å². The molecule has 0 aliphatic carbocycles. The molecule has 0 atom stereocenters. The first-order valence-electron chi connectivity index (χ1n) is 7.82. The van der Waals surface area contributed by atoms with Crippen molar-refractivity contribution in [1.82, 2.24) is 4.98 Å². The van der Waals surface area contributed by atoms with E-state index in [-0.39, 0.29) is 5.41 Å². The summed E-state index contributed by atoms with van der Waals surface area (Å²) >= 11 is 0. The minimum atomic E-state index is 0.0790. The van der Waals surface area contributed by atoms with Gasteiger partial charge in [0.15, 0.2) is 0 Å². The molecule has 1 aromatic heterocycles. The lowest BCUT2D eigenvalue weighted by Gasteiger charge is -2.22. The lowest BCUT2D eigenvalue weighted by atomic mass is 9.86. The molecule has 3 rings (SSSR count). The smallest absolute Gasteiger partial charge is 0.0784 e. The number of pyridine rings is 1. The van der Waals surface area contributed by atoms with Gasteiger partial charge in [0, 0.05) is 21.9 Å². The Labute approximate surface area is 127 Å². The van der Waals surface area contributed by atoms with Crippen LogP contribution in [0.3, 0.4) is 0 Å². The molecule has 0 fully saturated rings. The summed E-state index contributed by atoms with van der Waals surface area (Å²) in [5.74, 6) is 0. The van der Waals surface area contributed by atoms with Crippen LogP contribution in [0.5, 0.6) is 0 Å². The van der Waals surface area contributed by atoms with Crippen molar-refractivity contribution in [1.29, 1.82) is 0 Å². The fourth-order valence-corrected chi connectivity index (χ4v) is 3.06. The average molecular weight is 277 g/mol. The molecule has 0 amide bonds. The summed E-state index contributed by atoms with van der Waals surface area (Å²) in [5.41, 5.74) is 3.86. The van der Waals surface area contributed by atoms with Crippen molar-refractivity contribution in [3.05, 3.63) is 53.7 Å². The van der Waals surface area contributed by atoms with E-state index in [0.717, 1.165) is 18.4 Å². The molecular formula is C20H23N. The minimum absolute atomic E-state index is 0.0790. The Bertz CT molecular complexity index is 794. The summed E-state index contributed by atoms with van der Waals surface area (Å²) in [5, 5.41) is 3.77. The van der Waals surface area contributed by atoms with E-state index in [1.165, 1.54) is 27.4 Å². The molecule has 1 heterocycles. The normalized spacial score (nSPS) is 12.2. The lowest BCUT2D eigenvalue weighted by molar-refractivity contribution is 0.562. The Hall–Kier alpha value is -1.89. The fourth-order valence-electron chi connectivity index (χ4n) is 3.06. The van der Waals surface area contributed by atoms with Gasteiger partial charge in [0.2, 0.25) is 0 Å². The first-order chi connectivity index (χ1) is 10.0. The quantitative estimate of drug-likeness (QED) is 0.552. The van der Waals surface area contributed by atoms with Crippen LogP contribution < -0.4 is 0 Å². The molecule has 1 nitrogen and oxygen atoms in total. The second kappa shape index (κ2) is 5.14. The van der Waals surface area contributed by atoms with Gasteiger partial charge in [0.1, 0.15) is 0 Å². The van der Waals surface area contributed by atoms with Gasteiger partial charge in [0.05, 0.1) is 5.52 Å². The molecular weight excluding hydrogens is 254 g/mol. The minimum Gasteiger partial charge on any atom is -0.251 e. The van der Waals surface area contributed by atoms with Gasteiger partial charge in [-0.2, -0.15) is 0 Å². The van der Waals surface area contributed by atoms with Gasteiger partial charge in [-0.3, -0.25) is 4.98 Å². The third kappa shape index (κ3) is 2.53. The molecule has 0 radical (unpaired) electrons. The van der Waals surface area contributed by atoms with Gasteiger partial charge < -0.3 is 0 Å². The first kappa shape index (κ1) is 14.1. The van der Waals surface area contributed by atoms with Gasteiger partial charge in [-0.05, 0) is 23.4 Å². The highest BCUT2D eigenvalue weighted by Gasteiger charge is 2.20. The molecule has 2 aromatic carbocycles. The van der Waals surface area contributed by atoms with Crippen LogP contribution >= 0.6 is 0 Å². The largest absolute Gasteiger partial charge is 0.251 e. The van der Waals surface area contributed by atoms with Crippen LogP contribution in [0.4, 0.5) is 0 Å². The van der Waals surface area contributed by atoms with Crippen molar-refractivity contribution in [3.8, 4) is 0 Å². The Morgan fingerprint density at radius 2 is 1.67 bits per heavy atom. The monoisotopic (exact) mass is 277 g/mol. The Morgan fingerprint density at radius 1 is 0.952 bits per heavy atom. The third-order valence-corrected chi connectivity index (χ3v) is 4.02. The summed E-state index contributed by atoms with van der Waals surface area (Å²) in [7, 11) is 0. The Kier molecular flexibility index (Phi) is 3.44. The molecule has 0 aliphatic heterocycles. The molecule has 0 N–H and O–H groups in total. The van der Waals surface area contributed by atoms with Crippen molar-refractivity contribution < 1.29 is 0 Å². The zero-order valence-electron chi connectivity index (χ0n) is 13.4. The predicted octanol–water partition coefficient (Wildman–Crippen LogP) is 5.64. The number of hydrogen-bond acceptors (Lipinski definition) is 1. The van der Waals surface area contributed by atoms with Crippen LogP contribution in [0.15, 0.2) is 42.5 Å². The number of fused-ring (bicyclic) bond motifs is 3. The van der Waals surface area contributed by atoms with Crippen LogP contribution in [0.2, 0.25) is 0 Å². The summed E-state index contributed by atoms with van der Waals surface area (Å²) in [6, 6.07) is 15.3. The first-order valence-corrected chi connectivity index (χ1v) is 7.82. The van der Waals surface area contributed by atoms with E-state index in [9.17, 15) is 0 Å². The second-order valence-electron chi connectivity index (χ2n) is 6.85. The van der Waals surface area contributed by atoms with Crippen LogP contribution in [-0.4, -0.2) is 4.98 Å². The summed E-state index contributed by atoms with van der Waals surface area (Å²) in [4.78, 5) is 5.09. The molecule has 0 unspecified atom stereocenters. The summed E-state index contributed by atoms with van der Waals surface area (Å²) in [6.45, 7) is 9.00. The van der Waals surface area contributed by atoms with Crippen LogP contribution in [0.1, 0.15) is 45.4 Å². The molecule has 1 heteroatoms. The SMILES string of the molecule is CCCc1cc2ccc3ccccc3c2nc1C(C)(C)C. The zero-order chi connectivity index (χ0) is 15.0. The van der Waals surface area contributed by atoms with Crippen LogP contribution in [0, 0.1) is 0 Å². The van der Waals surface area contributed by atoms with E-state index in [1.807, 2.05) is 0 Å². The molecule has 21 heavy (non-hydrogen) atoms. The van der Waals surface area contributed by atoms with Crippen molar-refractivity contribution >= 4 is 21.7 Å². The maximum Gasteiger partial charge on any atom is 0.0784 e. The number of aryl methyl sites for hydroxylation is 1. The standard InChI is InChI=1S/C20H23N/c1-5-8-16-13-15-12-11-14-9-6-7-10-17(14)18(15)21-19(16)20(2,3)4/h6-7,9-13H,5,8H2,1-4H3. The van der Waals surface area contributed by atoms with Crippen molar-refractivity contribution in [3.63, 3.8) is 0 Å². The Balaban J connectivity index is 2.38. The van der Waals surface area contributed by atoms with Crippen LogP contribution in [-0.2, 0) is 11.8 Å². The molecule has 0 saturated heterocycles. The van der Waals surface area contributed by atoms with Gasteiger partial charge in [-0.1, -0.05) is 70.5 Å². The van der Waals surface area contributed by atoms with Crippen molar-refractivity contribution in [2.24, 2.45) is 0 Å². The van der Waals surface area contributed by atoms with Gasteiger partial charge in [-0.15, -0.1) is 0 Å². The van der Waals surface area contributed by atoms with E-state index < -0.39 is 0 Å². The van der Waals surface area contributed by atoms with E-state index in [2.05, 4.69) is 70.2 Å². The number of rotatable bonds is 2. The lowest BCUT2D eigenvalue weighted by Crippen LogP contribution is -2.17. The van der Waals surface area contributed by atoms with Gasteiger partial charge in [-0.25, -0.2) is 0 Å². The maximum absolute atomic E-state index is 5.09. The molecule has 0 saturated carbocycles. The number of benzene rings is 2. The van der Waals surface area contributed by atoms with E-state index in [1.54, 1.807) is 0 Å². The molecule has 0 bridgehead atoms. The van der Waals surface area contributed by atoms with Crippen LogP contribution in [0.25, 0.3) is 21.7 Å². The van der Waals surface area contributed by atoms with Gasteiger partial charge in [0.25, 0.3) is 0 Å². The molecule has 0 spiro atoms. The van der Waals surface area contributed by atoms with E-state index in [0.29, 0.717) is 0 Å². The third-order valence-electron chi connectivity index (χ3n) is 4.02. The number of aromatic nitrogens is 1. The number of nitrogens with zero attached hydrogens (tertiary/aromatic N) is 1. The average Bonchev–Trinajstić information content (AvgIpc) is 2.45. The van der Waals surface area contributed by atoms with Gasteiger partial charge >= 0.3 is 0 Å². The van der Waals surface area contributed by atoms with Crippen molar-refractivity contribution in [2.45, 2.75) is 46.0 Å². The number of hydrogen-bond donors (Lipinski definition) is 0. The summed E-state index contributed by atoms with van der Waals surface area (Å²) < 4.78 is 0. The van der Waals surface area contributed by atoms with Crippen molar-refractivity contribution in [2.75, 3.05) is 0 Å². The highest BCUT2D eigenvalue weighted by molar-refractivity contribution is 6.05. The highest BCUT2D eigenvalue weighted by atomic mass is 14.7. The maximum atomic E-state index is 5.09. The molecule has 108 valence electrons. The highest BCUT2D eigenvalue weighted by Crippen LogP contribution is 2.31. The predicted molar refractivity (Wildman–Crippen MR) is 91.9 cm³/mol. The second-order valence-corrected chi connectivity index (χ2v) is 6.85. The van der Waals surface area contributed by atoms with E-state index >= 15 is 0 Å².